The van der Waals surface area contributed by atoms with E-state index in [-0.39, 0.29) is 0 Å². The molecule has 1 aromatic heterocycles. The topological polar surface area (TPSA) is 21.3 Å². The Balaban J connectivity index is 1.48. The Hall–Kier alpha value is -0.380. The summed E-state index contributed by atoms with van der Waals surface area (Å²) >= 11 is 1.84. The lowest BCUT2D eigenvalue weighted by atomic mass is 10.2. The maximum atomic E-state index is 5.58. The highest BCUT2D eigenvalue weighted by Gasteiger charge is 2.20. The third-order valence-corrected chi connectivity index (χ3v) is 3.78. The fourth-order valence-corrected chi connectivity index (χ4v) is 2.55. The van der Waals surface area contributed by atoms with Crippen molar-refractivity contribution in [3.8, 4) is 0 Å². The molecule has 1 saturated carbocycles. The monoisotopic (exact) mass is 239 g/mol. The zero-order chi connectivity index (χ0) is 11.2. The highest BCUT2D eigenvalue weighted by Crippen LogP contribution is 2.28. The van der Waals surface area contributed by atoms with E-state index in [0.29, 0.717) is 6.04 Å². The zero-order valence-corrected chi connectivity index (χ0v) is 10.8. The summed E-state index contributed by atoms with van der Waals surface area (Å²) in [7, 11) is 0. The van der Waals surface area contributed by atoms with Gasteiger partial charge in [-0.2, -0.15) is 0 Å². The molecule has 1 heterocycles. The molecule has 90 valence electrons. The summed E-state index contributed by atoms with van der Waals surface area (Å²) < 4.78 is 5.58. The van der Waals surface area contributed by atoms with Crippen LogP contribution < -0.4 is 5.32 Å². The van der Waals surface area contributed by atoms with Gasteiger partial charge in [0.15, 0.2) is 0 Å². The number of hydrogen-bond donors (Lipinski definition) is 1. The zero-order valence-electron chi connectivity index (χ0n) is 9.95. The molecule has 1 unspecified atom stereocenters. The lowest BCUT2D eigenvalue weighted by Crippen LogP contribution is -2.31. The molecule has 0 saturated heterocycles. The molecule has 1 N–H and O–H groups in total. The van der Waals surface area contributed by atoms with Crippen molar-refractivity contribution in [1.82, 2.24) is 5.32 Å². The van der Waals surface area contributed by atoms with E-state index in [2.05, 4.69) is 29.8 Å². The molecule has 0 aliphatic heterocycles. The Morgan fingerprint density at radius 3 is 3.12 bits per heavy atom. The molecule has 1 aliphatic rings. The minimum Gasteiger partial charge on any atom is -0.380 e. The van der Waals surface area contributed by atoms with Crippen LogP contribution in [0.5, 0.6) is 0 Å². The van der Waals surface area contributed by atoms with Gasteiger partial charge in [0.1, 0.15) is 0 Å². The molecule has 1 aromatic rings. The number of thiophene rings is 1. The highest BCUT2D eigenvalue weighted by molar-refractivity contribution is 7.09. The molecule has 0 radical (unpaired) electrons. The van der Waals surface area contributed by atoms with Gasteiger partial charge in [0.05, 0.1) is 6.61 Å². The van der Waals surface area contributed by atoms with Crippen molar-refractivity contribution in [2.45, 2.75) is 32.2 Å². The van der Waals surface area contributed by atoms with Crippen molar-refractivity contribution >= 4 is 11.3 Å². The summed E-state index contributed by atoms with van der Waals surface area (Å²) in [5, 5.41) is 5.64. The van der Waals surface area contributed by atoms with Crippen molar-refractivity contribution in [3.05, 3.63) is 22.4 Å². The van der Waals surface area contributed by atoms with Gasteiger partial charge in [0.25, 0.3) is 0 Å². The third-order valence-electron chi connectivity index (χ3n) is 2.88. The second-order valence-corrected chi connectivity index (χ2v) is 5.69. The highest BCUT2D eigenvalue weighted by atomic mass is 32.1. The molecule has 1 aliphatic carbocycles. The summed E-state index contributed by atoms with van der Waals surface area (Å²) in [6, 6.07) is 4.86. The predicted octanol–water partition coefficient (Wildman–Crippen LogP) is 2.70. The first kappa shape index (κ1) is 12.1. The van der Waals surface area contributed by atoms with Gasteiger partial charge in [-0.15, -0.1) is 11.3 Å². The Kier molecular flexibility index (Phi) is 4.82. The average molecular weight is 239 g/mol. The van der Waals surface area contributed by atoms with Crippen molar-refractivity contribution in [1.29, 1.82) is 0 Å². The maximum absolute atomic E-state index is 5.58. The number of hydrogen-bond acceptors (Lipinski definition) is 3. The van der Waals surface area contributed by atoms with E-state index in [0.717, 1.165) is 32.1 Å². The number of rotatable bonds is 8. The third kappa shape index (κ3) is 4.64. The molecule has 0 amide bonds. The van der Waals surface area contributed by atoms with E-state index in [9.17, 15) is 0 Å². The van der Waals surface area contributed by atoms with Gasteiger partial charge in [0, 0.05) is 24.1 Å². The molecule has 1 atom stereocenters. The Morgan fingerprint density at radius 2 is 2.44 bits per heavy atom. The summed E-state index contributed by atoms with van der Waals surface area (Å²) in [5.74, 6) is 0.878. The van der Waals surface area contributed by atoms with Gasteiger partial charge in [-0.3, -0.25) is 0 Å². The molecule has 2 rings (SSSR count). The SMILES string of the molecule is CC(Cc1cccs1)NCCOCC1CC1. The molecule has 0 aromatic carbocycles. The normalized spacial score (nSPS) is 17.6. The van der Waals surface area contributed by atoms with Gasteiger partial charge in [-0.25, -0.2) is 0 Å². The molecule has 3 heteroatoms. The minimum absolute atomic E-state index is 0.545. The summed E-state index contributed by atoms with van der Waals surface area (Å²) in [4.78, 5) is 1.46. The average Bonchev–Trinajstić information content (AvgIpc) is 2.95. The van der Waals surface area contributed by atoms with Crippen LogP contribution >= 0.6 is 11.3 Å². The second-order valence-electron chi connectivity index (χ2n) is 4.66. The van der Waals surface area contributed by atoms with Crippen LogP contribution in [0, 0.1) is 5.92 Å². The lowest BCUT2D eigenvalue weighted by Gasteiger charge is -2.12. The first-order valence-electron chi connectivity index (χ1n) is 6.18. The van der Waals surface area contributed by atoms with Crippen LogP contribution in [0.2, 0.25) is 0 Å². The van der Waals surface area contributed by atoms with Gasteiger partial charge in [-0.05, 0) is 43.6 Å². The molecule has 2 nitrogen and oxygen atoms in total. The Bertz CT molecular complexity index is 282. The van der Waals surface area contributed by atoms with E-state index in [1.165, 1.54) is 17.7 Å². The van der Waals surface area contributed by atoms with Crippen LogP contribution in [0.15, 0.2) is 17.5 Å². The van der Waals surface area contributed by atoms with Crippen molar-refractivity contribution in [2.75, 3.05) is 19.8 Å². The summed E-state index contributed by atoms with van der Waals surface area (Å²) in [6.07, 6.45) is 3.88. The smallest absolute Gasteiger partial charge is 0.0591 e. The minimum atomic E-state index is 0.545. The van der Waals surface area contributed by atoms with E-state index < -0.39 is 0 Å². The number of ether oxygens (including phenoxy) is 1. The molecule has 1 fully saturated rings. The molecule has 16 heavy (non-hydrogen) atoms. The number of nitrogens with one attached hydrogen (secondary N) is 1. The fraction of sp³-hybridized carbons (Fsp3) is 0.692. The maximum Gasteiger partial charge on any atom is 0.0591 e. The van der Waals surface area contributed by atoms with Gasteiger partial charge in [0.2, 0.25) is 0 Å². The van der Waals surface area contributed by atoms with E-state index >= 15 is 0 Å². The Labute approximate surface area is 102 Å². The van der Waals surface area contributed by atoms with Crippen LogP contribution in [-0.4, -0.2) is 25.8 Å². The van der Waals surface area contributed by atoms with Crippen molar-refractivity contribution in [3.63, 3.8) is 0 Å². The van der Waals surface area contributed by atoms with E-state index in [1.54, 1.807) is 0 Å². The quantitative estimate of drug-likeness (QED) is 0.704. The summed E-state index contributed by atoms with van der Waals surface area (Å²) in [6.45, 7) is 5.03. The standard InChI is InChI=1S/C13H21NOS/c1-11(9-13-3-2-8-16-13)14-6-7-15-10-12-4-5-12/h2-3,8,11-12,14H,4-7,9-10H2,1H3. The molecule has 0 bridgehead atoms. The summed E-state index contributed by atoms with van der Waals surface area (Å²) in [5.41, 5.74) is 0. The van der Waals surface area contributed by atoms with Crippen LogP contribution in [0.4, 0.5) is 0 Å². The van der Waals surface area contributed by atoms with Crippen LogP contribution in [0.25, 0.3) is 0 Å². The van der Waals surface area contributed by atoms with Crippen molar-refractivity contribution in [2.24, 2.45) is 5.92 Å². The van der Waals surface area contributed by atoms with Gasteiger partial charge >= 0.3 is 0 Å². The first-order valence-corrected chi connectivity index (χ1v) is 7.06. The molecular formula is C13H21NOS. The molecular weight excluding hydrogens is 218 g/mol. The van der Waals surface area contributed by atoms with Gasteiger partial charge < -0.3 is 10.1 Å². The first-order chi connectivity index (χ1) is 7.84. The fourth-order valence-electron chi connectivity index (χ4n) is 1.71. The second kappa shape index (κ2) is 6.38. The molecule has 0 spiro atoms. The van der Waals surface area contributed by atoms with Crippen LogP contribution in [0.1, 0.15) is 24.6 Å². The largest absolute Gasteiger partial charge is 0.380 e. The van der Waals surface area contributed by atoms with E-state index in [1.807, 2.05) is 11.3 Å². The van der Waals surface area contributed by atoms with Crippen LogP contribution in [0.3, 0.4) is 0 Å². The van der Waals surface area contributed by atoms with E-state index in [4.69, 9.17) is 4.74 Å². The van der Waals surface area contributed by atoms with Gasteiger partial charge in [-0.1, -0.05) is 6.07 Å². The predicted molar refractivity (Wildman–Crippen MR) is 69.0 cm³/mol. The van der Waals surface area contributed by atoms with Crippen LogP contribution in [-0.2, 0) is 11.2 Å². The Morgan fingerprint density at radius 1 is 1.56 bits per heavy atom. The lowest BCUT2D eigenvalue weighted by molar-refractivity contribution is 0.124. The van der Waals surface area contributed by atoms with Crippen molar-refractivity contribution < 1.29 is 4.74 Å².